The van der Waals surface area contributed by atoms with Gasteiger partial charge in [0.2, 0.25) is 0 Å². The predicted octanol–water partition coefficient (Wildman–Crippen LogP) is 3.75. The number of carbonyl (C=O) groups is 1. The van der Waals surface area contributed by atoms with E-state index in [2.05, 4.69) is 15.5 Å². The lowest BCUT2D eigenvalue weighted by atomic mass is 10.2. The van der Waals surface area contributed by atoms with Crippen LogP contribution in [-0.2, 0) is 0 Å². The van der Waals surface area contributed by atoms with Gasteiger partial charge in [-0.15, -0.1) is 11.3 Å². The van der Waals surface area contributed by atoms with Gasteiger partial charge in [-0.1, -0.05) is 5.16 Å². The number of aromatic nitrogens is 3. The lowest BCUT2D eigenvalue weighted by Crippen LogP contribution is -2.13. The number of nitrogens with zero attached hydrogens (tertiary/aromatic N) is 3. The van der Waals surface area contributed by atoms with E-state index >= 15 is 0 Å². The standard InChI is InChI=1S/C16H11FN4O2S/c1-9-6-14(20-23-9)19-15(22)13-8-24-16-18-12(7-21(13)16)10-2-4-11(17)5-3-10/h2-8H,1H3,(H,19,20,22). The highest BCUT2D eigenvalue weighted by molar-refractivity contribution is 7.15. The number of hydrogen-bond acceptors (Lipinski definition) is 5. The van der Waals surface area contributed by atoms with Gasteiger partial charge in [-0.3, -0.25) is 9.20 Å². The third kappa shape index (κ3) is 2.56. The molecule has 0 unspecified atom stereocenters. The summed E-state index contributed by atoms with van der Waals surface area (Å²) in [5.74, 6) is 0.359. The fourth-order valence-electron chi connectivity index (χ4n) is 2.31. The largest absolute Gasteiger partial charge is 0.360 e. The number of hydrogen-bond donors (Lipinski definition) is 1. The summed E-state index contributed by atoms with van der Waals surface area (Å²) in [5, 5.41) is 8.14. The molecule has 0 aliphatic carbocycles. The zero-order valence-corrected chi connectivity index (χ0v) is 13.3. The number of thiazole rings is 1. The van der Waals surface area contributed by atoms with E-state index in [9.17, 15) is 9.18 Å². The summed E-state index contributed by atoms with van der Waals surface area (Å²) < 4.78 is 19.7. The fraction of sp³-hybridized carbons (Fsp3) is 0.0625. The number of carbonyl (C=O) groups excluding carboxylic acids is 1. The fourth-order valence-corrected chi connectivity index (χ4v) is 3.17. The molecule has 0 bridgehead atoms. The molecular formula is C16H11FN4O2S. The number of nitrogens with one attached hydrogen (secondary N) is 1. The van der Waals surface area contributed by atoms with Crippen LogP contribution in [0.1, 0.15) is 16.2 Å². The van der Waals surface area contributed by atoms with Crippen LogP contribution in [0.3, 0.4) is 0 Å². The van der Waals surface area contributed by atoms with Gasteiger partial charge < -0.3 is 9.84 Å². The molecule has 3 aromatic heterocycles. The maximum absolute atomic E-state index is 13.0. The van der Waals surface area contributed by atoms with Gasteiger partial charge in [0.1, 0.15) is 17.3 Å². The van der Waals surface area contributed by atoms with E-state index in [0.29, 0.717) is 27.9 Å². The Morgan fingerprint density at radius 2 is 2.12 bits per heavy atom. The number of aryl methyl sites for hydroxylation is 1. The summed E-state index contributed by atoms with van der Waals surface area (Å²) >= 11 is 1.35. The van der Waals surface area contributed by atoms with E-state index < -0.39 is 0 Å². The Labute approximate surface area is 139 Å². The number of halogens is 1. The predicted molar refractivity (Wildman–Crippen MR) is 87.7 cm³/mol. The minimum Gasteiger partial charge on any atom is -0.360 e. The lowest BCUT2D eigenvalue weighted by molar-refractivity contribution is 0.102. The molecule has 6 nitrogen and oxygen atoms in total. The molecule has 24 heavy (non-hydrogen) atoms. The first-order chi connectivity index (χ1) is 11.6. The van der Waals surface area contributed by atoms with E-state index in [-0.39, 0.29) is 11.7 Å². The van der Waals surface area contributed by atoms with Crippen molar-refractivity contribution in [3.63, 3.8) is 0 Å². The molecule has 120 valence electrons. The highest BCUT2D eigenvalue weighted by atomic mass is 32.1. The molecule has 0 spiro atoms. The maximum atomic E-state index is 13.0. The van der Waals surface area contributed by atoms with Crippen LogP contribution >= 0.6 is 11.3 Å². The van der Waals surface area contributed by atoms with E-state index in [1.807, 2.05) is 0 Å². The number of amides is 1. The Kier molecular flexibility index (Phi) is 3.39. The second kappa shape index (κ2) is 5.57. The minimum atomic E-state index is -0.308. The molecule has 0 atom stereocenters. The van der Waals surface area contributed by atoms with Gasteiger partial charge in [0.25, 0.3) is 5.91 Å². The Morgan fingerprint density at radius 3 is 2.83 bits per heavy atom. The zero-order valence-electron chi connectivity index (χ0n) is 12.5. The molecular weight excluding hydrogens is 331 g/mol. The second-order valence-electron chi connectivity index (χ2n) is 5.18. The van der Waals surface area contributed by atoms with Crippen LogP contribution in [0.4, 0.5) is 10.2 Å². The van der Waals surface area contributed by atoms with Crippen molar-refractivity contribution >= 4 is 28.0 Å². The normalized spacial score (nSPS) is 11.1. The summed E-state index contributed by atoms with van der Waals surface area (Å²) in [5.41, 5.74) is 1.90. The molecule has 4 rings (SSSR count). The molecule has 0 radical (unpaired) electrons. The van der Waals surface area contributed by atoms with Crippen LogP contribution < -0.4 is 5.32 Å². The molecule has 0 fully saturated rings. The monoisotopic (exact) mass is 342 g/mol. The molecule has 3 heterocycles. The van der Waals surface area contributed by atoms with Crippen molar-refractivity contribution < 1.29 is 13.7 Å². The van der Waals surface area contributed by atoms with Gasteiger partial charge in [0, 0.05) is 23.2 Å². The highest BCUT2D eigenvalue weighted by Gasteiger charge is 2.16. The van der Waals surface area contributed by atoms with Crippen LogP contribution in [0.2, 0.25) is 0 Å². The van der Waals surface area contributed by atoms with Crippen LogP contribution in [0.15, 0.2) is 46.4 Å². The zero-order chi connectivity index (χ0) is 16.7. The van der Waals surface area contributed by atoms with Gasteiger partial charge in [-0.05, 0) is 31.2 Å². The Bertz CT molecular complexity index is 1030. The van der Waals surface area contributed by atoms with Gasteiger partial charge in [-0.25, -0.2) is 9.37 Å². The van der Waals surface area contributed by atoms with E-state index in [4.69, 9.17) is 4.52 Å². The number of rotatable bonds is 3. The number of imidazole rings is 1. The van der Waals surface area contributed by atoms with Crippen molar-refractivity contribution in [3.8, 4) is 11.3 Å². The molecule has 8 heteroatoms. The van der Waals surface area contributed by atoms with Crippen LogP contribution in [0.25, 0.3) is 16.2 Å². The molecule has 0 saturated carbocycles. The van der Waals surface area contributed by atoms with Crippen molar-refractivity contribution in [2.24, 2.45) is 0 Å². The summed E-state index contributed by atoms with van der Waals surface area (Å²) in [6, 6.07) is 7.70. The SMILES string of the molecule is Cc1cc(NC(=O)c2csc3nc(-c4ccc(F)cc4)cn23)no1. The summed E-state index contributed by atoms with van der Waals surface area (Å²) in [4.78, 5) is 17.6. The average Bonchev–Trinajstić information content (AvgIpc) is 3.23. The topological polar surface area (TPSA) is 72.4 Å². The summed E-state index contributed by atoms with van der Waals surface area (Å²) in [6.45, 7) is 1.75. The van der Waals surface area contributed by atoms with E-state index in [1.54, 1.807) is 41.1 Å². The number of benzene rings is 1. The average molecular weight is 342 g/mol. The molecule has 1 N–H and O–H groups in total. The van der Waals surface area contributed by atoms with E-state index in [0.717, 1.165) is 5.56 Å². The first kappa shape index (κ1) is 14.6. The third-order valence-electron chi connectivity index (χ3n) is 3.45. The van der Waals surface area contributed by atoms with Crippen LogP contribution in [-0.4, -0.2) is 20.4 Å². The maximum Gasteiger partial charge on any atom is 0.274 e. The van der Waals surface area contributed by atoms with Crippen molar-refractivity contribution in [1.29, 1.82) is 0 Å². The van der Waals surface area contributed by atoms with Gasteiger partial charge in [0.15, 0.2) is 10.8 Å². The number of anilines is 1. The summed E-state index contributed by atoms with van der Waals surface area (Å²) in [7, 11) is 0. The third-order valence-corrected chi connectivity index (χ3v) is 4.29. The second-order valence-corrected chi connectivity index (χ2v) is 6.02. The molecule has 0 aliphatic heterocycles. The summed E-state index contributed by atoms with van der Waals surface area (Å²) in [6.07, 6.45) is 1.75. The van der Waals surface area contributed by atoms with Gasteiger partial charge in [0.05, 0.1) is 5.69 Å². The van der Waals surface area contributed by atoms with Crippen LogP contribution in [0, 0.1) is 12.7 Å². The Morgan fingerprint density at radius 1 is 1.33 bits per heavy atom. The molecule has 0 saturated heterocycles. The highest BCUT2D eigenvalue weighted by Crippen LogP contribution is 2.24. The van der Waals surface area contributed by atoms with Crippen molar-refractivity contribution in [3.05, 3.63) is 59.2 Å². The van der Waals surface area contributed by atoms with Crippen molar-refractivity contribution in [1.82, 2.24) is 14.5 Å². The Hall–Kier alpha value is -3.00. The molecule has 0 aliphatic rings. The van der Waals surface area contributed by atoms with Gasteiger partial charge >= 0.3 is 0 Å². The van der Waals surface area contributed by atoms with Crippen molar-refractivity contribution in [2.45, 2.75) is 6.92 Å². The molecule has 1 aromatic carbocycles. The van der Waals surface area contributed by atoms with E-state index in [1.165, 1.54) is 23.5 Å². The first-order valence-corrected chi connectivity index (χ1v) is 7.95. The minimum absolute atomic E-state index is 0.303. The smallest absolute Gasteiger partial charge is 0.274 e. The molecule has 1 amide bonds. The van der Waals surface area contributed by atoms with Crippen LogP contribution in [0.5, 0.6) is 0 Å². The molecule has 4 aromatic rings. The Balaban J connectivity index is 1.66. The number of fused-ring (bicyclic) bond motifs is 1. The quantitative estimate of drug-likeness (QED) is 0.615. The van der Waals surface area contributed by atoms with Crippen molar-refractivity contribution in [2.75, 3.05) is 5.32 Å². The lowest BCUT2D eigenvalue weighted by Gasteiger charge is -1.99. The first-order valence-electron chi connectivity index (χ1n) is 7.07. The van der Waals surface area contributed by atoms with Gasteiger partial charge in [-0.2, -0.15) is 0 Å².